The van der Waals surface area contributed by atoms with Gasteiger partial charge in [0.2, 0.25) is 0 Å². The zero-order valence-corrected chi connectivity index (χ0v) is 14.3. The second-order valence-electron chi connectivity index (χ2n) is 6.92. The Bertz CT molecular complexity index is 712. The number of hydrogen-bond donors (Lipinski definition) is 2. The van der Waals surface area contributed by atoms with Crippen molar-refractivity contribution in [2.45, 2.75) is 18.9 Å². The first kappa shape index (κ1) is 16.1. The van der Waals surface area contributed by atoms with Crippen LogP contribution in [0.3, 0.4) is 0 Å². The van der Waals surface area contributed by atoms with Crippen LogP contribution in [0.25, 0.3) is 0 Å². The van der Waals surface area contributed by atoms with E-state index in [2.05, 4.69) is 44.8 Å². The van der Waals surface area contributed by atoms with Crippen molar-refractivity contribution in [3.05, 3.63) is 59.8 Å². The van der Waals surface area contributed by atoms with Crippen molar-refractivity contribution >= 4 is 11.7 Å². The maximum absolute atomic E-state index is 12.1. The minimum atomic E-state index is -0.0200. The molecule has 2 heterocycles. The van der Waals surface area contributed by atoms with Gasteiger partial charge in [-0.05, 0) is 36.5 Å². The van der Waals surface area contributed by atoms with E-state index in [4.69, 9.17) is 0 Å². The largest absolute Gasteiger partial charge is 0.353 e. The first-order chi connectivity index (χ1) is 12.3. The predicted molar refractivity (Wildman–Crippen MR) is 98.7 cm³/mol. The number of benzene rings is 1. The molecule has 1 saturated heterocycles. The summed E-state index contributed by atoms with van der Waals surface area (Å²) < 4.78 is 0. The Labute approximate surface area is 148 Å². The van der Waals surface area contributed by atoms with Crippen molar-refractivity contribution in [1.82, 2.24) is 15.6 Å². The topological polar surface area (TPSA) is 57.3 Å². The van der Waals surface area contributed by atoms with Gasteiger partial charge in [0.25, 0.3) is 5.91 Å². The lowest BCUT2D eigenvalue weighted by molar-refractivity contribution is 0.0951. The summed E-state index contributed by atoms with van der Waals surface area (Å²) in [6.07, 6.45) is 4.17. The van der Waals surface area contributed by atoms with E-state index in [1.54, 1.807) is 6.20 Å². The number of hydrogen-bond acceptors (Lipinski definition) is 4. The standard InChI is InChI=1S/C20H24N4O/c25-20(23-12-15-6-7-15)17-8-9-19(22-13-17)24-11-10-21-18(14-24)16-4-2-1-3-5-16/h1-5,8-9,13,15,18,21H,6-7,10-12,14H2,(H,23,25)/t18-/m0/s1. The van der Waals surface area contributed by atoms with Gasteiger partial charge in [0, 0.05) is 38.4 Å². The molecule has 4 rings (SSSR count). The molecule has 130 valence electrons. The molecular weight excluding hydrogens is 312 g/mol. The maximum atomic E-state index is 12.1. The summed E-state index contributed by atoms with van der Waals surface area (Å²) in [6, 6.07) is 14.6. The molecule has 2 aromatic rings. The number of nitrogens with zero attached hydrogens (tertiary/aromatic N) is 2. The van der Waals surface area contributed by atoms with Crippen LogP contribution >= 0.6 is 0 Å². The van der Waals surface area contributed by atoms with E-state index in [0.717, 1.165) is 32.0 Å². The summed E-state index contributed by atoms with van der Waals surface area (Å²) >= 11 is 0. The molecule has 1 aromatic heterocycles. The molecule has 2 N–H and O–H groups in total. The van der Waals surface area contributed by atoms with Crippen molar-refractivity contribution in [2.75, 3.05) is 31.1 Å². The van der Waals surface area contributed by atoms with Gasteiger partial charge in [0.1, 0.15) is 5.82 Å². The molecule has 2 fully saturated rings. The highest BCUT2D eigenvalue weighted by Crippen LogP contribution is 2.27. The lowest BCUT2D eigenvalue weighted by atomic mass is 10.0. The molecule has 0 spiro atoms. The van der Waals surface area contributed by atoms with Crippen LogP contribution in [0.2, 0.25) is 0 Å². The molecule has 5 heteroatoms. The van der Waals surface area contributed by atoms with Crippen LogP contribution in [0.4, 0.5) is 5.82 Å². The SMILES string of the molecule is O=C(NCC1CC1)c1ccc(N2CCN[C@H](c3ccccc3)C2)nc1. The number of carbonyl (C=O) groups is 1. The Balaban J connectivity index is 1.39. The van der Waals surface area contributed by atoms with Gasteiger partial charge < -0.3 is 15.5 Å². The highest BCUT2D eigenvalue weighted by molar-refractivity contribution is 5.94. The van der Waals surface area contributed by atoms with Gasteiger partial charge in [-0.2, -0.15) is 0 Å². The smallest absolute Gasteiger partial charge is 0.252 e. The molecular formula is C20H24N4O. The number of piperazine rings is 1. The zero-order valence-electron chi connectivity index (χ0n) is 14.3. The van der Waals surface area contributed by atoms with E-state index in [9.17, 15) is 4.79 Å². The molecule has 1 saturated carbocycles. The van der Waals surface area contributed by atoms with Crippen LogP contribution in [0.5, 0.6) is 0 Å². The minimum absolute atomic E-state index is 0.0200. The molecule has 1 aliphatic carbocycles. The zero-order chi connectivity index (χ0) is 17.1. The van der Waals surface area contributed by atoms with Crippen molar-refractivity contribution in [1.29, 1.82) is 0 Å². The Hall–Kier alpha value is -2.40. The van der Waals surface area contributed by atoms with Gasteiger partial charge in [0.05, 0.1) is 5.56 Å². The lowest BCUT2D eigenvalue weighted by Gasteiger charge is -2.34. The number of anilines is 1. The minimum Gasteiger partial charge on any atom is -0.353 e. The summed E-state index contributed by atoms with van der Waals surface area (Å²) in [7, 11) is 0. The van der Waals surface area contributed by atoms with Gasteiger partial charge in [-0.3, -0.25) is 4.79 Å². The van der Waals surface area contributed by atoms with Gasteiger partial charge in [-0.15, -0.1) is 0 Å². The Kier molecular flexibility index (Phi) is 4.65. The molecule has 1 atom stereocenters. The van der Waals surface area contributed by atoms with E-state index in [0.29, 0.717) is 17.5 Å². The third-order valence-corrected chi connectivity index (χ3v) is 4.96. The van der Waals surface area contributed by atoms with E-state index < -0.39 is 0 Å². The Morgan fingerprint density at radius 2 is 2.04 bits per heavy atom. The molecule has 0 bridgehead atoms. The average Bonchev–Trinajstić information content (AvgIpc) is 3.52. The third-order valence-electron chi connectivity index (χ3n) is 4.96. The first-order valence-electron chi connectivity index (χ1n) is 9.07. The maximum Gasteiger partial charge on any atom is 0.252 e. The van der Waals surface area contributed by atoms with E-state index in [-0.39, 0.29) is 5.91 Å². The quantitative estimate of drug-likeness (QED) is 0.880. The molecule has 0 radical (unpaired) electrons. The summed E-state index contributed by atoms with van der Waals surface area (Å²) in [6.45, 7) is 3.51. The van der Waals surface area contributed by atoms with Crippen molar-refractivity contribution in [3.8, 4) is 0 Å². The fraction of sp³-hybridized carbons (Fsp3) is 0.400. The molecule has 0 unspecified atom stereocenters. The second-order valence-corrected chi connectivity index (χ2v) is 6.92. The van der Waals surface area contributed by atoms with Crippen LogP contribution in [0.1, 0.15) is 34.8 Å². The van der Waals surface area contributed by atoms with E-state index in [1.165, 1.54) is 18.4 Å². The van der Waals surface area contributed by atoms with Crippen LogP contribution in [0, 0.1) is 5.92 Å². The van der Waals surface area contributed by atoms with Crippen LogP contribution in [-0.4, -0.2) is 37.1 Å². The van der Waals surface area contributed by atoms with Crippen LogP contribution < -0.4 is 15.5 Å². The third kappa shape index (κ3) is 3.99. The summed E-state index contributed by atoms with van der Waals surface area (Å²) in [4.78, 5) is 18.9. The molecule has 1 amide bonds. The van der Waals surface area contributed by atoms with Crippen LogP contribution in [0.15, 0.2) is 48.7 Å². The van der Waals surface area contributed by atoms with Crippen molar-refractivity contribution < 1.29 is 4.79 Å². The first-order valence-corrected chi connectivity index (χ1v) is 9.07. The average molecular weight is 336 g/mol. The molecule has 5 nitrogen and oxygen atoms in total. The monoisotopic (exact) mass is 336 g/mol. The number of carbonyl (C=O) groups excluding carboxylic acids is 1. The number of rotatable bonds is 5. The van der Waals surface area contributed by atoms with Crippen LogP contribution in [-0.2, 0) is 0 Å². The normalized spacial score (nSPS) is 20.3. The van der Waals surface area contributed by atoms with Gasteiger partial charge in [0.15, 0.2) is 0 Å². The fourth-order valence-corrected chi connectivity index (χ4v) is 3.24. The van der Waals surface area contributed by atoms with Gasteiger partial charge >= 0.3 is 0 Å². The molecule has 25 heavy (non-hydrogen) atoms. The molecule has 1 aromatic carbocycles. The number of nitrogens with one attached hydrogen (secondary N) is 2. The highest BCUT2D eigenvalue weighted by atomic mass is 16.1. The summed E-state index contributed by atoms with van der Waals surface area (Å²) in [5.74, 6) is 1.60. The Morgan fingerprint density at radius 1 is 1.20 bits per heavy atom. The fourth-order valence-electron chi connectivity index (χ4n) is 3.24. The van der Waals surface area contributed by atoms with Gasteiger partial charge in [-0.1, -0.05) is 30.3 Å². The van der Waals surface area contributed by atoms with Crippen molar-refractivity contribution in [3.63, 3.8) is 0 Å². The number of pyridine rings is 1. The highest BCUT2D eigenvalue weighted by Gasteiger charge is 2.23. The number of amides is 1. The summed E-state index contributed by atoms with van der Waals surface area (Å²) in [5.41, 5.74) is 1.93. The van der Waals surface area contributed by atoms with Gasteiger partial charge in [-0.25, -0.2) is 4.98 Å². The summed E-state index contributed by atoms with van der Waals surface area (Å²) in [5, 5.41) is 6.55. The lowest BCUT2D eigenvalue weighted by Crippen LogP contribution is -2.46. The molecule has 1 aliphatic heterocycles. The second kappa shape index (κ2) is 7.23. The van der Waals surface area contributed by atoms with E-state index in [1.807, 2.05) is 18.2 Å². The Morgan fingerprint density at radius 3 is 2.76 bits per heavy atom. The predicted octanol–water partition coefficient (Wildman–Crippen LogP) is 2.37. The molecule has 2 aliphatic rings. The van der Waals surface area contributed by atoms with Crippen molar-refractivity contribution in [2.24, 2.45) is 5.92 Å². The van der Waals surface area contributed by atoms with E-state index >= 15 is 0 Å². The number of aromatic nitrogens is 1.